The van der Waals surface area contributed by atoms with Gasteiger partial charge in [-0.1, -0.05) is 30.3 Å². The Bertz CT molecular complexity index is 859. The van der Waals surface area contributed by atoms with E-state index in [9.17, 15) is 8.78 Å². The fourth-order valence-electron chi connectivity index (χ4n) is 4.19. The van der Waals surface area contributed by atoms with Gasteiger partial charge < -0.3 is 20.9 Å². The molecule has 1 saturated heterocycles. The van der Waals surface area contributed by atoms with Gasteiger partial charge in [-0.05, 0) is 43.9 Å². The molecular weight excluding hydrogens is 428 g/mol. The standard InChI is InChI=1S/C24H33F2N5S/c25-21-14-23(30-11-8-20(9-12-30)31(16-27)17-28)22(26)13-19(21)15-29-10-4-7-24(32)18-5-2-1-3-6-18/h1-3,5-6,13-14,16,20,24,27,29,32H,4,7-12,15,17,28H2/t24-/m1/s1. The second-order valence-electron chi connectivity index (χ2n) is 8.18. The molecule has 0 unspecified atom stereocenters. The smallest absolute Gasteiger partial charge is 0.147 e. The zero-order valence-corrected chi connectivity index (χ0v) is 19.2. The van der Waals surface area contributed by atoms with Crippen molar-refractivity contribution in [1.82, 2.24) is 10.2 Å². The van der Waals surface area contributed by atoms with E-state index in [1.165, 1.54) is 24.0 Å². The Balaban J connectivity index is 1.47. The molecule has 1 heterocycles. The van der Waals surface area contributed by atoms with Crippen molar-refractivity contribution in [3.8, 4) is 0 Å². The quantitative estimate of drug-likeness (QED) is 0.132. The van der Waals surface area contributed by atoms with Crippen molar-refractivity contribution >= 4 is 24.7 Å². The number of nitrogens with two attached hydrogens (primary N) is 1. The molecule has 2 aromatic carbocycles. The van der Waals surface area contributed by atoms with Crippen molar-refractivity contribution in [2.75, 3.05) is 31.2 Å². The molecule has 4 N–H and O–H groups in total. The fourth-order valence-corrected chi connectivity index (χ4v) is 4.54. The molecule has 3 rings (SSSR count). The summed E-state index contributed by atoms with van der Waals surface area (Å²) in [6.45, 7) is 2.51. The van der Waals surface area contributed by atoms with Gasteiger partial charge in [0.1, 0.15) is 11.6 Å². The van der Waals surface area contributed by atoms with E-state index in [-0.39, 0.29) is 11.3 Å². The van der Waals surface area contributed by atoms with Gasteiger partial charge in [0.15, 0.2) is 0 Å². The average molecular weight is 462 g/mol. The molecular formula is C24H33F2N5S. The van der Waals surface area contributed by atoms with E-state index in [0.717, 1.165) is 25.7 Å². The Morgan fingerprint density at radius 3 is 2.56 bits per heavy atom. The van der Waals surface area contributed by atoms with Gasteiger partial charge in [-0.15, -0.1) is 0 Å². The van der Waals surface area contributed by atoms with Crippen LogP contribution in [-0.2, 0) is 6.54 Å². The third-order valence-corrected chi connectivity index (χ3v) is 6.65. The van der Waals surface area contributed by atoms with Crippen LogP contribution in [0, 0.1) is 17.0 Å². The summed E-state index contributed by atoms with van der Waals surface area (Å²) in [5.74, 6) is -0.792. The minimum Gasteiger partial charge on any atom is -0.369 e. The van der Waals surface area contributed by atoms with Gasteiger partial charge in [0, 0.05) is 42.6 Å². The van der Waals surface area contributed by atoms with Crippen LogP contribution in [-0.4, -0.2) is 43.6 Å². The van der Waals surface area contributed by atoms with Gasteiger partial charge >= 0.3 is 0 Å². The lowest BCUT2D eigenvalue weighted by atomic mass is 10.0. The summed E-state index contributed by atoms with van der Waals surface area (Å²) >= 11 is 4.65. The Morgan fingerprint density at radius 2 is 1.91 bits per heavy atom. The van der Waals surface area contributed by atoms with Crippen LogP contribution in [0.5, 0.6) is 0 Å². The number of hydrogen-bond acceptors (Lipinski definition) is 5. The highest BCUT2D eigenvalue weighted by molar-refractivity contribution is 7.80. The lowest BCUT2D eigenvalue weighted by Crippen LogP contribution is -2.46. The number of thiol groups is 1. The maximum Gasteiger partial charge on any atom is 0.147 e. The van der Waals surface area contributed by atoms with Crippen LogP contribution >= 0.6 is 12.6 Å². The first kappa shape index (κ1) is 24.5. The van der Waals surface area contributed by atoms with Crippen molar-refractivity contribution < 1.29 is 8.78 Å². The minimum atomic E-state index is -0.399. The van der Waals surface area contributed by atoms with E-state index in [0.29, 0.717) is 44.1 Å². The first-order chi connectivity index (χ1) is 15.5. The van der Waals surface area contributed by atoms with Gasteiger partial charge in [0.25, 0.3) is 0 Å². The molecule has 0 saturated carbocycles. The monoisotopic (exact) mass is 461 g/mol. The number of rotatable bonds is 11. The van der Waals surface area contributed by atoms with Crippen LogP contribution in [0.3, 0.4) is 0 Å². The molecule has 2 aromatic rings. The Kier molecular flexibility index (Phi) is 9.32. The molecule has 0 radical (unpaired) electrons. The summed E-state index contributed by atoms with van der Waals surface area (Å²) in [5, 5.41) is 10.8. The van der Waals surface area contributed by atoms with E-state index in [2.05, 4.69) is 30.1 Å². The van der Waals surface area contributed by atoms with Crippen molar-refractivity contribution in [3.05, 3.63) is 65.2 Å². The van der Waals surface area contributed by atoms with Crippen LogP contribution in [0.2, 0.25) is 0 Å². The summed E-state index contributed by atoms with van der Waals surface area (Å²) in [6.07, 6.45) is 4.57. The molecule has 32 heavy (non-hydrogen) atoms. The number of nitrogens with one attached hydrogen (secondary N) is 2. The van der Waals surface area contributed by atoms with Gasteiger partial charge in [0.2, 0.25) is 0 Å². The van der Waals surface area contributed by atoms with E-state index in [1.807, 2.05) is 23.1 Å². The SMILES string of the molecule is N=CN(CN)C1CCN(c2cc(F)c(CNCCC[C@@H](S)c3ccccc3)cc2F)CC1. The van der Waals surface area contributed by atoms with Crippen molar-refractivity contribution in [1.29, 1.82) is 5.41 Å². The first-order valence-corrected chi connectivity index (χ1v) is 11.7. The van der Waals surface area contributed by atoms with Crippen molar-refractivity contribution in [2.45, 2.75) is 43.5 Å². The maximum atomic E-state index is 14.8. The normalized spacial score (nSPS) is 15.6. The molecule has 0 bridgehead atoms. The predicted octanol–water partition coefficient (Wildman–Crippen LogP) is 4.30. The molecule has 8 heteroatoms. The number of hydrogen-bond donors (Lipinski definition) is 4. The van der Waals surface area contributed by atoms with Crippen LogP contribution in [0.15, 0.2) is 42.5 Å². The van der Waals surface area contributed by atoms with Gasteiger partial charge in [0.05, 0.1) is 18.7 Å². The van der Waals surface area contributed by atoms with Crippen molar-refractivity contribution in [2.24, 2.45) is 5.73 Å². The molecule has 5 nitrogen and oxygen atoms in total. The molecule has 1 aliphatic rings. The zero-order valence-electron chi connectivity index (χ0n) is 18.3. The summed E-state index contributed by atoms with van der Waals surface area (Å²) < 4.78 is 29.4. The number of nitrogens with zero attached hydrogens (tertiary/aromatic N) is 2. The lowest BCUT2D eigenvalue weighted by molar-refractivity contribution is 0.275. The largest absolute Gasteiger partial charge is 0.369 e. The topological polar surface area (TPSA) is 68.4 Å². The van der Waals surface area contributed by atoms with E-state index >= 15 is 0 Å². The number of piperidine rings is 1. The summed E-state index contributed by atoms with van der Waals surface area (Å²) in [7, 11) is 0. The first-order valence-electron chi connectivity index (χ1n) is 11.2. The van der Waals surface area contributed by atoms with Crippen LogP contribution in [0.1, 0.15) is 42.1 Å². The zero-order chi connectivity index (χ0) is 22.9. The second kappa shape index (κ2) is 12.2. The second-order valence-corrected chi connectivity index (χ2v) is 8.81. The van der Waals surface area contributed by atoms with E-state index in [4.69, 9.17) is 11.1 Å². The summed E-state index contributed by atoms with van der Waals surface area (Å²) in [6, 6.07) is 12.9. The number of halogens is 2. The molecule has 174 valence electrons. The van der Waals surface area contributed by atoms with Gasteiger partial charge in [-0.25, -0.2) is 8.78 Å². The van der Waals surface area contributed by atoms with Gasteiger partial charge in [-0.2, -0.15) is 12.6 Å². The molecule has 1 fully saturated rings. The van der Waals surface area contributed by atoms with Gasteiger partial charge in [-0.3, -0.25) is 5.41 Å². The lowest BCUT2D eigenvalue weighted by Gasteiger charge is -2.38. The summed E-state index contributed by atoms with van der Waals surface area (Å²) in [4.78, 5) is 3.65. The van der Waals surface area contributed by atoms with E-state index < -0.39 is 11.6 Å². The highest BCUT2D eigenvalue weighted by Crippen LogP contribution is 2.28. The van der Waals surface area contributed by atoms with E-state index in [1.54, 1.807) is 4.90 Å². The number of benzene rings is 2. The van der Waals surface area contributed by atoms with Crippen molar-refractivity contribution in [3.63, 3.8) is 0 Å². The maximum absolute atomic E-state index is 14.8. The number of anilines is 1. The molecule has 1 atom stereocenters. The predicted molar refractivity (Wildman–Crippen MR) is 130 cm³/mol. The highest BCUT2D eigenvalue weighted by Gasteiger charge is 2.25. The third-order valence-electron chi connectivity index (χ3n) is 6.10. The Morgan fingerprint density at radius 1 is 1.19 bits per heavy atom. The van der Waals surface area contributed by atoms with Crippen LogP contribution in [0.4, 0.5) is 14.5 Å². The molecule has 0 aromatic heterocycles. The molecule has 0 spiro atoms. The molecule has 0 aliphatic carbocycles. The molecule has 1 aliphatic heterocycles. The molecule has 0 amide bonds. The van der Waals surface area contributed by atoms with Crippen LogP contribution in [0.25, 0.3) is 0 Å². The average Bonchev–Trinajstić information content (AvgIpc) is 2.82. The third kappa shape index (κ3) is 6.43. The summed E-state index contributed by atoms with van der Waals surface area (Å²) in [5.41, 5.74) is 7.50. The fraction of sp³-hybridized carbons (Fsp3) is 0.458. The van der Waals surface area contributed by atoms with Crippen LogP contribution < -0.4 is 16.0 Å². The minimum absolute atomic E-state index is 0.170. The Hall–Kier alpha value is -2.16. The highest BCUT2D eigenvalue weighted by atomic mass is 32.1. The Labute approximate surface area is 194 Å².